The Kier molecular flexibility index (Phi) is 4.92. The standard InChI is InChI=1S/C27H27N/c1-4-5-6-12-19-28(21-13-8-7-9-14-21)22-17-18-24-23-15-10-11-16-25(23)27(2,3)26(24)20-22/h4-13,15-21H,1,14H2,2-3H3/b6-5-,19-12-. The highest BCUT2D eigenvalue weighted by Crippen LogP contribution is 2.49. The van der Waals surface area contributed by atoms with E-state index in [1.54, 1.807) is 6.08 Å². The average molecular weight is 366 g/mol. The molecule has 2 aliphatic carbocycles. The molecule has 140 valence electrons. The number of benzene rings is 2. The lowest BCUT2D eigenvalue weighted by molar-refractivity contribution is 0.659. The maximum absolute atomic E-state index is 3.75. The van der Waals surface area contributed by atoms with E-state index in [4.69, 9.17) is 0 Å². The van der Waals surface area contributed by atoms with E-state index < -0.39 is 0 Å². The van der Waals surface area contributed by atoms with Gasteiger partial charge in [0, 0.05) is 17.3 Å². The predicted octanol–water partition coefficient (Wildman–Crippen LogP) is 6.94. The van der Waals surface area contributed by atoms with Crippen molar-refractivity contribution < 1.29 is 0 Å². The molecule has 1 atom stereocenters. The van der Waals surface area contributed by atoms with Gasteiger partial charge in [-0.05, 0) is 46.9 Å². The lowest BCUT2D eigenvalue weighted by atomic mass is 9.82. The second-order valence-electron chi connectivity index (χ2n) is 7.89. The molecule has 0 radical (unpaired) electrons. The Morgan fingerprint density at radius 2 is 1.79 bits per heavy atom. The first-order valence-electron chi connectivity index (χ1n) is 9.95. The first kappa shape index (κ1) is 18.3. The van der Waals surface area contributed by atoms with Crippen LogP contribution in [0.4, 0.5) is 5.69 Å². The predicted molar refractivity (Wildman–Crippen MR) is 122 cm³/mol. The molecule has 1 nitrogen and oxygen atoms in total. The minimum atomic E-state index is 0.0162. The van der Waals surface area contributed by atoms with Crippen LogP contribution in [0.5, 0.6) is 0 Å². The third-order valence-corrected chi connectivity index (χ3v) is 5.79. The van der Waals surface area contributed by atoms with Gasteiger partial charge in [0.05, 0.1) is 6.04 Å². The topological polar surface area (TPSA) is 3.24 Å². The van der Waals surface area contributed by atoms with Crippen molar-refractivity contribution in [1.82, 2.24) is 0 Å². The van der Waals surface area contributed by atoms with E-state index in [1.165, 1.54) is 27.9 Å². The fraction of sp³-hybridized carbons (Fsp3) is 0.185. The third kappa shape index (κ3) is 3.18. The molecule has 4 rings (SSSR count). The minimum absolute atomic E-state index is 0.0162. The molecule has 2 aromatic rings. The maximum Gasteiger partial charge on any atom is 0.0554 e. The third-order valence-electron chi connectivity index (χ3n) is 5.79. The zero-order valence-corrected chi connectivity index (χ0v) is 16.7. The molecule has 0 spiro atoms. The van der Waals surface area contributed by atoms with Crippen LogP contribution in [0.3, 0.4) is 0 Å². The van der Waals surface area contributed by atoms with Crippen molar-refractivity contribution in [2.24, 2.45) is 0 Å². The summed E-state index contributed by atoms with van der Waals surface area (Å²) in [5, 5.41) is 0. The van der Waals surface area contributed by atoms with Crippen LogP contribution < -0.4 is 4.90 Å². The van der Waals surface area contributed by atoms with Crippen molar-refractivity contribution in [3.05, 3.63) is 115 Å². The number of hydrogen-bond donors (Lipinski definition) is 0. The summed E-state index contributed by atoms with van der Waals surface area (Å²) in [4.78, 5) is 2.37. The van der Waals surface area contributed by atoms with Crippen LogP contribution in [0.2, 0.25) is 0 Å². The molecule has 28 heavy (non-hydrogen) atoms. The quantitative estimate of drug-likeness (QED) is 0.519. The molecule has 1 unspecified atom stereocenters. The van der Waals surface area contributed by atoms with Gasteiger partial charge in [-0.25, -0.2) is 0 Å². The van der Waals surface area contributed by atoms with Crippen LogP contribution >= 0.6 is 0 Å². The van der Waals surface area contributed by atoms with Gasteiger partial charge < -0.3 is 4.90 Å². The lowest BCUT2D eigenvalue weighted by Gasteiger charge is -2.30. The number of hydrogen-bond acceptors (Lipinski definition) is 1. The van der Waals surface area contributed by atoms with E-state index in [9.17, 15) is 0 Å². The van der Waals surface area contributed by atoms with Gasteiger partial charge in [0.15, 0.2) is 0 Å². The highest BCUT2D eigenvalue weighted by atomic mass is 15.1. The monoisotopic (exact) mass is 365 g/mol. The molecule has 2 aliphatic rings. The van der Waals surface area contributed by atoms with Gasteiger partial charge in [-0.15, -0.1) is 0 Å². The Balaban J connectivity index is 1.76. The fourth-order valence-electron chi connectivity index (χ4n) is 4.30. The number of nitrogens with zero attached hydrogens (tertiary/aromatic N) is 1. The van der Waals surface area contributed by atoms with Crippen molar-refractivity contribution in [2.75, 3.05) is 4.90 Å². The second kappa shape index (κ2) is 7.52. The van der Waals surface area contributed by atoms with Crippen molar-refractivity contribution in [3.8, 4) is 11.1 Å². The van der Waals surface area contributed by atoms with Crippen molar-refractivity contribution in [2.45, 2.75) is 31.7 Å². The summed E-state index contributed by atoms with van der Waals surface area (Å²) in [6.07, 6.45) is 19.8. The smallest absolute Gasteiger partial charge is 0.0554 e. The Morgan fingerprint density at radius 1 is 0.964 bits per heavy atom. The zero-order chi connectivity index (χ0) is 19.6. The van der Waals surface area contributed by atoms with E-state index >= 15 is 0 Å². The molecular weight excluding hydrogens is 338 g/mol. The molecule has 0 saturated carbocycles. The number of allylic oxidation sites excluding steroid dienone is 6. The summed E-state index contributed by atoms with van der Waals surface area (Å²) in [5.41, 5.74) is 6.79. The van der Waals surface area contributed by atoms with Gasteiger partial charge in [-0.1, -0.05) is 93.3 Å². The molecule has 2 aromatic carbocycles. The summed E-state index contributed by atoms with van der Waals surface area (Å²) in [6.45, 7) is 8.41. The van der Waals surface area contributed by atoms with E-state index in [-0.39, 0.29) is 5.41 Å². The van der Waals surface area contributed by atoms with E-state index in [0.29, 0.717) is 6.04 Å². The van der Waals surface area contributed by atoms with Crippen LogP contribution in [0.25, 0.3) is 11.1 Å². The molecule has 0 bridgehead atoms. The Morgan fingerprint density at radius 3 is 2.57 bits per heavy atom. The Bertz CT molecular complexity index is 1000. The molecular formula is C27H27N. The van der Waals surface area contributed by atoms with E-state index in [1.807, 2.05) is 12.2 Å². The second-order valence-corrected chi connectivity index (χ2v) is 7.89. The number of fused-ring (bicyclic) bond motifs is 3. The minimum Gasteiger partial charge on any atom is -0.341 e. The van der Waals surface area contributed by atoms with Crippen LogP contribution in [-0.4, -0.2) is 6.04 Å². The number of rotatable bonds is 5. The SMILES string of the molecule is C=C/C=C\C=C/N(c1ccc2c(c1)C(C)(C)c1ccccc1-2)C1C=CC=CC1. The summed E-state index contributed by atoms with van der Waals surface area (Å²) in [6, 6.07) is 16.0. The van der Waals surface area contributed by atoms with Gasteiger partial charge in [-0.2, -0.15) is 0 Å². The maximum atomic E-state index is 3.75. The van der Waals surface area contributed by atoms with Gasteiger partial charge in [0.2, 0.25) is 0 Å². The highest BCUT2D eigenvalue weighted by molar-refractivity contribution is 5.82. The van der Waals surface area contributed by atoms with Gasteiger partial charge in [-0.3, -0.25) is 0 Å². The molecule has 0 heterocycles. The first-order valence-corrected chi connectivity index (χ1v) is 9.95. The molecule has 0 aliphatic heterocycles. The zero-order valence-electron chi connectivity index (χ0n) is 16.7. The fourth-order valence-corrected chi connectivity index (χ4v) is 4.30. The van der Waals surface area contributed by atoms with Gasteiger partial charge in [0.25, 0.3) is 0 Å². The summed E-state index contributed by atoms with van der Waals surface area (Å²) in [7, 11) is 0. The molecule has 0 aromatic heterocycles. The van der Waals surface area contributed by atoms with Crippen molar-refractivity contribution in [3.63, 3.8) is 0 Å². The average Bonchev–Trinajstić information content (AvgIpc) is 2.96. The van der Waals surface area contributed by atoms with Crippen LogP contribution in [0, 0.1) is 0 Å². The van der Waals surface area contributed by atoms with Gasteiger partial charge >= 0.3 is 0 Å². The van der Waals surface area contributed by atoms with E-state index in [0.717, 1.165) is 6.42 Å². The van der Waals surface area contributed by atoms with Crippen molar-refractivity contribution >= 4 is 5.69 Å². The molecule has 1 heteroatoms. The van der Waals surface area contributed by atoms with Crippen LogP contribution in [0.1, 0.15) is 31.4 Å². The van der Waals surface area contributed by atoms with E-state index in [2.05, 4.69) is 104 Å². The van der Waals surface area contributed by atoms with Gasteiger partial charge in [0.1, 0.15) is 0 Å². The Hall–Kier alpha value is -3.06. The molecule has 0 amide bonds. The normalized spacial score (nSPS) is 19.1. The molecule has 0 N–H and O–H groups in total. The summed E-state index contributed by atoms with van der Waals surface area (Å²) < 4.78 is 0. The highest BCUT2D eigenvalue weighted by Gasteiger charge is 2.35. The number of anilines is 1. The van der Waals surface area contributed by atoms with Crippen LogP contribution in [0.15, 0.2) is 104 Å². The lowest BCUT2D eigenvalue weighted by Crippen LogP contribution is -2.29. The molecule has 0 fully saturated rings. The summed E-state index contributed by atoms with van der Waals surface area (Å²) >= 11 is 0. The first-order chi connectivity index (χ1) is 13.6. The van der Waals surface area contributed by atoms with Crippen molar-refractivity contribution in [1.29, 1.82) is 0 Å². The molecule has 0 saturated heterocycles. The summed E-state index contributed by atoms with van der Waals surface area (Å²) in [5.74, 6) is 0. The Labute approximate surface area is 168 Å². The van der Waals surface area contributed by atoms with Crippen LogP contribution in [-0.2, 0) is 5.41 Å². The largest absolute Gasteiger partial charge is 0.341 e.